The third-order valence-electron chi connectivity index (χ3n) is 3.05. The third-order valence-corrected chi connectivity index (χ3v) is 3.05. The van der Waals surface area contributed by atoms with Crippen LogP contribution in [0.3, 0.4) is 0 Å². The molecule has 0 spiro atoms. The summed E-state index contributed by atoms with van der Waals surface area (Å²) in [7, 11) is 0. The first-order valence-electron chi connectivity index (χ1n) is 6.51. The van der Waals surface area contributed by atoms with E-state index in [-0.39, 0.29) is 5.56 Å². The fourth-order valence-corrected chi connectivity index (χ4v) is 2.06. The van der Waals surface area contributed by atoms with E-state index in [1.165, 1.54) is 6.07 Å². The quantitative estimate of drug-likeness (QED) is 0.791. The number of hydrogen-bond donors (Lipinski definition) is 1. The van der Waals surface area contributed by atoms with Gasteiger partial charge in [-0.25, -0.2) is 0 Å². The third kappa shape index (κ3) is 2.54. The van der Waals surface area contributed by atoms with E-state index in [4.69, 9.17) is 4.74 Å². The van der Waals surface area contributed by atoms with Crippen LogP contribution in [-0.4, -0.2) is 9.97 Å². The highest BCUT2D eigenvalue weighted by Gasteiger charge is 2.03. The van der Waals surface area contributed by atoms with Gasteiger partial charge in [0, 0.05) is 6.42 Å². The van der Waals surface area contributed by atoms with Gasteiger partial charge in [-0.3, -0.25) is 4.79 Å². The van der Waals surface area contributed by atoms with E-state index >= 15 is 0 Å². The van der Waals surface area contributed by atoms with E-state index in [2.05, 4.69) is 9.97 Å². The molecule has 0 bridgehead atoms. The first-order valence-corrected chi connectivity index (χ1v) is 6.51. The molecular formula is C16H14N2O2. The molecule has 20 heavy (non-hydrogen) atoms. The number of hydrogen-bond acceptors (Lipinski definition) is 3. The molecule has 4 nitrogen and oxygen atoms in total. The first kappa shape index (κ1) is 12.4. The SMILES string of the molecule is CCc1nc(Oc2ccc3ccccc3c2)cc(=O)[nH]1. The Bertz CT molecular complexity index is 809. The zero-order valence-electron chi connectivity index (χ0n) is 11.1. The monoisotopic (exact) mass is 266 g/mol. The predicted octanol–water partition coefficient (Wildman–Crippen LogP) is 3.28. The van der Waals surface area contributed by atoms with Crippen molar-refractivity contribution in [1.82, 2.24) is 9.97 Å². The van der Waals surface area contributed by atoms with Crippen molar-refractivity contribution < 1.29 is 4.74 Å². The molecule has 0 aliphatic carbocycles. The number of fused-ring (bicyclic) bond motifs is 1. The van der Waals surface area contributed by atoms with Gasteiger partial charge in [0.2, 0.25) is 5.88 Å². The van der Waals surface area contributed by atoms with E-state index in [1.807, 2.05) is 49.4 Å². The van der Waals surface area contributed by atoms with Crippen molar-refractivity contribution in [2.45, 2.75) is 13.3 Å². The Morgan fingerprint density at radius 1 is 1.10 bits per heavy atom. The largest absolute Gasteiger partial charge is 0.439 e. The van der Waals surface area contributed by atoms with Crippen molar-refractivity contribution in [3.05, 3.63) is 64.7 Å². The van der Waals surface area contributed by atoms with Crippen LogP contribution in [0.25, 0.3) is 10.8 Å². The summed E-state index contributed by atoms with van der Waals surface area (Å²) in [6, 6.07) is 15.2. The predicted molar refractivity (Wildman–Crippen MR) is 78.3 cm³/mol. The van der Waals surface area contributed by atoms with E-state index < -0.39 is 0 Å². The lowest BCUT2D eigenvalue weighted by molar-refractivity contribution is 0.458. The smallest absolute Gasteiger partial charge is 0.254 e. The van der Waals surface area contributed by atoms with Crippen LogP contribution < -0.4 is 10.3 Å². The summed E-state index contributed by atoms with van der Waals surface area (Å²) in [6.45, 7) is 1.93. The Morgan fingerprint density at radius 2 is 1.90 bits per heavy atom. The normalized spacial score (nSPS) is 10.7. The second-order valence-electron chi connectivity index (χ2n) is 4.49. The summed E-state index contributed by atoms with van der Waals surface area (Å²) in [4.78, 5) is 18.4. The molecular weight excluding hydrogens is 252 g/mol. The molecule has 0 amide bonds. The lowest BCUT2D eigenvalue weighted by Gasteiger charge is -2.06. The van der Waals surface area contributed by atoms with Gasteiger partial charge in [-0.05, 0) is 22.9 Å². The molecule has 0 aliphatic heterocycles. The standard InChI is InChI=1S/C16H14N2O2/c1-2-14-17-15(19)10-16(18-14)20-13-8-7-11-5-3-4-6-12(11)9-13/h3-10H,2H2,1H3,(H,17,18,19). The van der Waals surface area contributed by atoms with Crippen molar-refractivity contribution >= 4 is 10.8 Å². The van der Waals surface area contributed by atoms with Crippen molar-refractivity contribution in [2.75, 3.05) is 0 Å². The average molecular weight is 266 g/mol. The molecule has 1 aromatic heterocycles. The maximum absolute atomic E-state index is 11.5. The number of aryl methyl sites for hydroxylation is 1. The number of aromatic nitrogens is 2. The highest BCUT2D eigenvalue weighted by Crippen LogP contribution is 2.23. The zero-order chi connectivity index (χ0) is 13.9. The number of nitrogens with one attached hydrogen (secondary N) is 1. The topological polar surface area (TPSA) is 55.0 Å². The number of rotatable bonds is 3. The van der Waals surface area contributed by atoms with Gasteiger partial charge in [-0.1, -0.05) is 37.3 Å². The Kier molecular flexibility index (Phi) is 3.21. The van der Waals surface area contributed by atoms with Gasteiger partial charge in [0.25, 0.3) is 5.56 Å². The second kappa shape index (κ2) is 5.17. The molecule has 0 saturated heterocycles. The Morgan fingerprint density at radius 3 is 2.70 bits per heavy atom. The maximum atomic E-state index is 11.5. The number of nitrogens with zero attached hydrogens (tertiary/aromatic N) is 1. The van der Waals surface area contributed by atoms with E-state index in [0.717, 1.165) is 10.8 Å². The Hall–Kier alpha value is -2.62. The number of aromatic amines is 1. The number of benzene rings is 2. The first-order chi connectivity index (χ1) is 9.74. The minimum absolute atomic E-state index is 0.201. The van der Waals surface area contributed by atoms with Gasteiger partial charge in [0.1, 0.15) is 11.6 Å². The van der Waals surface area contributed by atoms with Crippen molar-refractivity contribution in [3.8, 4) is 11.6 Å². The van der Waals surface area contributed by atoms with Crippen LogP contribution in [0.15, 0.2) is 53.3 Å². The lowest BCUT2D eigenvalue weighted by atomic mass is 10.1. The van der Waals surface area contributed by atoms with E-state index in [1.54, 1.807) is 0 Å². The highest BCUT2D eigenvalue weighted by molar-refractivity contribution is 5.83. The van der Waals surface area contributed by atoms with Gasteiger partial charge >= 0.3 is 0 Å². The molecule has 4 heteroatoms. The molecule has 3 aromatic rings. The maximum Gasteiger partial charge on any atom is 0.254 e. The molecule has 0 saturated carbocycles. The fourth-order valence-electron chi connectivity index (χ4n) is 2.06. The van der Waals surface area contributed by atoms with Crippen molar-refractivity contribution in [3.63, 3.8) is 0 Å². The fraction of sp³-hybridized carbons (Fsp3) is 0.125. The van der Waals surface area contributed by atoms with E-state index in [0.29, 0.717) is 23.9 Å². The summed E-state index contributed by atoms with van der Waals surface area (Å²) in [5.74, 6) is 1.61. The van der Waals surface area contributed by atoms with Crippen molar-refractivity contribution in [1.29, 1.82) is 0 Å². The number of ether oxygens (including phenoxy) is 1. The van der Waals surface area contributed by atoms with Gasteiger partial charge in [0.05, 0.1) is 6.07 Å². The Balaban J connectivity index is 1.96. The Labute approximate surface area is 116 Å². The second-order valence-corrected chi connectivity index (χ2v) is 4.49. The molecule has 3 rings (SSSR count). The van der Waals surface area contributed by atoms with Crippen LogP contribution in [0.2, 0.25) is 0 Å². The molecule has 1 heterocycles. The molecule has 0 radical (unpaired) electrons. The zero-order valence-corrected chi connectivity index (χ0v) is 11.1. The van der Waals surface area contributed by atoms with Gasteiger partial charge in [0.15, 0.2) is 0 Å². The molecule has 0 fully saturated rings. The molecule has 100 valence electrons. The van der Waals surface area contributed by atoms with Crippen LogP contribution in [-0.2, 0) is 6.42 Å². The summed E-state index contributed by atoms with van der Waals surface area (Å²) >= 11 is 0. The van der Waals surface area contributed by atoms with Crippen LogP contribution in [0.1, 0.15) is 12.7 Å². The summed E-state index contributed by atoms with van der Waals surface area (Å²) in [5, 5.41) is 2.23. The van der Waals surface area contributed by atoms with Crippen LogP contribution in [0.4, 0.5) is 0 Å². The molecule has 0 unspecified atom stereocenters. The number of H-pyrrole nitrogens is 1. The average Bonchev–Trinajstić information content (AvgIpc) is 2.46. The van der Waals surface area contributed by atoms with Gasteiger partial charge in [-0.15, -0.1) is 0 Å². The van der Waals surface area contributed by atoms with Crippen molar-refractivity contribution in [2.24, 2.45) is 0 Å². The summed E-state index contributed by atoms with van der Waals surface area (Å²) < 4.78 is 5.68. The van der Waals surface area contributed by atoms with Crippen LogP contribution in [0.5, 0.6) is 11.6 Å². The highest BCUT2D eigenvalue weighted by atomic mass is 16.5. The minimum Gasteiger partial charge on any atom is -0.439 e. The van der Waals surface area contributed by atoms with Gasteiger partial charge < -0.3 is 9.72 Å². The van der Waals surface area contributed by atoms with Crippen LogP contribution >= 0.6 is 0 Å². The molecule has 1 N–H and O–H groups in total. The molecule has 0 aliphatic rings. The van der Waals surface area contributed by atoms with E-state index in [9.17, 15) is 4.79 Å². The van der Waals surface area contributed by atoms with Gasteiger partial charge in [-0.2, -0.15) is 4.98 Å². The molecule has 0 atom stereocenters. The van der Waals surface area contributed by atoms with Crippen LogP contribution in [0, 0.1) is 0 Å². The lowest BCUT2D eigenvalue weighted by Crippen LogP contribution is -2.10. The summed E-state index contributed by atoms with van der Waals surface area (Å²) in [6.07, 6.45) is 0.657. The minimum atomic E-state index is -0.201. The summed E-state index contributed by atoms with van der Waals surface area (Å²) in [5.41, 5.74) is -0.201. The molecule has 2 aromatic carbocycles.